The standard InChI is InChI=1S/C23H15Br2NO3/c24-18-8-4-16(5-9-18)14-28-20-10-6-15(7-11-20)12-21-23(27)29-22(26-21)17-2-1-3-19(25)13-17/h1-13H,14H2/b21-12-. The molecule has 0 N–H and O–H groups in total. The first-order valence-electron chi connectivity index (χ1n) is 8.83. The molecule has 0 saturated heterocycles. The van der Waals surface area contributed by atoms with Crippen molar-refractivity contribution in [3.63, 3.8) is 0 Å². The first kappa shape index (κ1) is 19.6. The number of hydrogen-bond donors (Lipinski definition) is 0. The van der Waals surface area contributed by atoms with Crippen LogP contribution < -0.4 is 4.74 Å². The minimum absolute atomic E-state index is 0.267. The molecule has 6 heteroatoms. The summed E-state index contributed by atoms with van der Waals surface area (Å²) >= 11 is 6.83. The lowest BCUT2D eigenvalue weighted by atomic mass is 10.2. The summed E-state index contributed by atoms with van der Waals surface area (Å²) in [6, 6.07) is 22.9. The Hall–Kier alpha value is -2.70. The zero-order valence-corrected chi connectivity index (χ0v) is 18.3. The highest BCUT2D eigenvalue weighted by atomic mass is 79.9. The average Bonchev–Trinajstić information content (AvgIpc) is 3.09. The number of hydrogen-bond acceptors (Lipinski definition) is 4. The number of esters is 1. The highest BCUT2D eigenvalue weighted by Gasteiger charge is 2.24. The molecule has 1 heterocycles. The van der Waals surface area contributed by atoms with Gasteiger partial charge in [0.05, 0.1) is 0 Å². The first-order chi connectivity index (χ1) is 14.1. The number of rotatable bonds is 5. The van der Waals surface area contributed by atoms with E-state index in [-0.39, 0.29) is 5.70 Å². The minimum Gasteiger partial charge on any atom is -0.489 e. The number of cyclic esters (lactones) is 1. The monoisotopic (exact) mass is 511 g/mol. The molecule has 0 bridgehead atoms. The number of nitrogens with zero attached hydrogens (tertiary/aromatic N) is 1. The van der Waals surface area contributed by atoms with Gasteiger partial charge in [0.2, 0.25) is 5.90 Å². The second-order valence-corrected chi connectivity index (χ2v) is 8.16. The molecule has 1 aliphatic heterocycles. The molecule has 0 unspecified atom stereocenters. The van der Waals surface area contributed by atoms with Gasteiger partial charge in [-0.1, -0.05) is 62.2 Å². The fourth-order valence-electron chi connectivity index (χ4n) is 2.72. The molecule has 0 amide bonds. The van der Waals surface area contributed by atoms with Crippen molar-refractivity contribution in [2.75, 3.05) is 0 Å². The Morgan fingerprint density at radius 1 is 0.931 bits per heavy atom. The van der Waals surface area contributed by atoms with E-state index >= 15 is 0 Å². The molecule has 0 aliphatic carbocycles. The Morgan fingerprint density at radius 3 is 2.41 bits per heavy atom. The molecule has 3 aromatic rings. The van der Waals surface area contributed by atoms with Gasteiger partial charge in [-0.05, 0) is 59.7 Å². The van der Waals surface area contributed by atoms with Crippen LogP contribution in [0.15, 0.2) is 92.4 Å². The maximum atomic E-state index is 12.2. The molecule has 4 rings (SSSR count). The van der Waals surface area contributed by atoms with Gasteiger partial charge in [-0.15, -0.1) is 0 Å². The van der Waals surface area contributed by atoms with Crippen molar-refractivity contribution >= 4 is 49.8 Å². The quantitative estimate of drug-likeness (QED) is 0.305. The topological polar surface area (TPSA) is 47.9 Å². The highest BCUT2D eigenvalue weighted by Crippen LogP contribution is 2.22. The van der Waals surface area contributed by atoms with Crippen LogP contribution >= 0.6 is 31.9 Å². The number of ether oxygens (including phenoxy) is 2. The summed E-state index contributed by atoms with van der Waals surface area (Å²) in [5.41, 5.74) is 2.94. The Kier molecular flexibility index (Phi) is 5.92. The third-order valence-electron chi connectivity index (χ3n) is 4.19. The van der Waals surface area contributed by atoms with Crippen LogP contribution in [-0.2, 0) is 16.1 Å². The molecular formula is C23H15Br2NO3. The van der Waals surface area contributed by atoms with Crippen molar-refractivity contribution in [1.82, 2.24) is 0 Å². The molecule has 0 saturated carbocycles. The van der Waals surface area contributed by atoms with Crippen molar-refractivity contribution in [3.05, 3.63) is 104 Å². The van der Waals surface area contributed by atoms with Gasteiger partial charge in [-0.2, -0.15) is 0 Å². The molecular weight excluding hydrogens is 498 g/mol. The summed E-state index contributed by atoms with van der Waals surface area (Å²) in [7, 11) is 0. The van der Waals surface area contributed by atoms with E-state index < -0.39 is 5.97 Å². The van der Waals surface area contributed by atoms with Crippen LogP contribution in [0, 0.1) is 0 Å². The summed E-state index contributed by atoms with van der Waals surface area (Å²) in [5.74, 6) is 0.593. The lowest BCUT2D eigenvalue weighted by Crippen LogP contribution is -2.05. The average molecular weight is 513 g/mol. The van der Waals surface area contributed by atoms with Crippen LogP contribution in [0.4, 0.5) is 0 Å². The van der Waals surface area contributed by atoms with Gasteiger partial charge >= 0.3 is 5.97 Å². The van der Waals surface area contributed by atoms with Crippen LogP contribution in [0.25, 0.3) is 6.08 Å². The van der Waals surface area contributed by atoms with E-state index in [4.69, 9.17) is 9.47 Å². The molecule has 0 atom stereocenters. The SMILES string of the molecule is O=C1OC(c2cccc(Br)c2)=N/C1=C\c1ccc(OCc2ccc(Br)cc2)cc1. The third kappa shape index (κ3) is 5.02. The number of carbonyl (C=O) groups excluding carboxylic acids is 1. The smallest absolute Gasteiger partial charge is 0.363 e. The fraction of sp³-hybridized carbons (Fsp3) is 0.0435. The molecule has 0 aromatic heterocycles. The van der Waals surface area contributed by atoms with Crippen molar-refractivity contribution in [2.24, 2.45) is 4.99 Å². The molecule has 0 radical (unpaired) electrons. The predicted molar refractivity (Wildman–Crippen MR) is 120 cm³/mol. The third-order valence-corrected chi connectivity index (χ3v) is 5.22. The maximum absolute atomic E-state index is 12.2. The van der Waals surface area contributed by atoms with Gasteiger partial charge in [0.15, 0.2) is 5.70 Å². The van der Waals surface area contributed by atoms with E-state index in [0.717, 1.165) is 31.4 Å². The number of halogens is 2. The molecule has 1 aliphatic rings. The fourth-order valence-corrected chi connectivity index (χ4v) is 3.38. The van der Waals surface area contributed by atoms with Crippen molar-refractivity contribution in [3.8, 4) is 5.75 Å². The van der Waals surface area contributed by atoms with Crippen LogP contribution in [0.2, 0.25) is 0 Å². The molecule has 4 nitrogen and oxygen atoms in total. The second-order valence-electron chi connectivity index (χ2n) is 6.33. The Labute approximate surface area is 185 Å². The summed E-state index contributed by atoms with van der Waals surface area (Å²) in [6.07, 6.45) is 1.70. The Balaban J connectivity index is 1.45. The molecule has 0 spiro atoms. The summed E-state index contributed by atoms with van der Waals surface area (Å²) < 4.78 is 13.0. The van der Waals surface area contributed by atoms with Crippen molar-refractivity contribution in [2.45, 2.75) is 6.61 Å². The highest BCUT2D eigenvalue weighted by molar-refractivity contribution is 9.10. The zero-order chi connectivity index (χ0) is 20.2. The molecule has 0 fully saturated rings. The van der Waals surface area contributed by atoms with Crippen LogP contribution in [-0.4, -0.2) is 11.9 Å². The van der Waals surface area contributed by atoms with Gasteiger partial charge in [0.25, 0.3) is 0 Å². The Morgan fingerprint density at radius 2 is 1.69 bits per heavy atom. The van der Waals surface area contributed by atoms with Crippen LogP contribution in [0.1, 0.15) is 16.7 Å². The van der Waals surface area contributed by atoms with E-state index in [2.05, 4.69) is 36.9 Å². The van der Waals surface area contributed by atoms with Crippen LogP contribution in [0.5, 0.6) is 5.75 Å². The zero-order valence-electron chi connectivity index (χ0n) is 15.1. The summed E-state index contributed by atoms with van der Waals surface area (Å²) in [4.78, 5) is 16.5. The van der Waals surface area contributed by atoms with E-state index in [9.17, 15) is 4.79 Å². The lowest BCUT2D eigenvalue weighted by molar-refractivity contribution is -0.129. The van der Waals surface area contributed by atoms with Gasteiger partial charge in [0.1, 0.15) is 12.4 Å². The second kappa shape index (κ2) is 8.76. The normalized spacial score (nSPS) is 14.6. The van der Waals surface area contributed by atoms with Crippen LogP contribution in [0.3, 0.4) is 0 Å². The van der Waals surface area contributed by atoms with Crippen molar-refractivity contribution in [1.29, 1.82) is 0 Å². The number of carbonyl (C=O) groups is 1. The minimum atomic E-state index is -0.462. The van der Waals surface area contributed by atoms with E-state index in [1.807, 2.05) is 72.8 Å². The van der Waals surface area contributed by atoms with E-state index in [0.29, 0.717) is 12.5 Å². The molecule has 144 valence electrons. The largest absolute Gasteiger partial charge is 0.489 e. The van der Waals surface area contributed by atoms with Crippen molar-refractivity contribution < 1.29 is 14.3 Å². The first-order valence-corrected chi connectivity index (χ1v) is 10.4. The number of aliphatic imine (C=N–C) groups is 1. The summed E-state index contributed by atoms with van der Waals surface area (Å²) in [6.45, 7) is 0.486. The lowest BCUT2D eigenvalue weighted by Gasteiger charge is -2.06. The molecule has 3 aromatic carbocycles. The predicted octanol–water partition coefficient (Wildman–Crippen LogP) is 6.14. The summed E-state index contributed by atoms with van der Waals surface area (Å²) in [5, 5.41) is 0. The van der Waals surface area contributed by atoms with E-state index in [1.165, 1.54) is 0 Å². The van der Waals surface area contributed by atoms with E-state index in [1.54, 1.807) is 6.08 Å². The Bertz CT molecular complexity index is 1100. The number of benzene rings is 3. The van der Waals surface area contributed by atoms with Gasteiger partial charge < -0.3 is 9.47 Å². The van der Waals surface area contributed by atoms with Gasteiger partial charge in [0, 0.05) is 14.5 Å². The van der Waals surface area contributed by atoms with Gasteiger partial charge in [-0.25, -0.2) is 9.79 Å². The van der Waals surface area contributed by atoms with Gasteiger partial charge in [-0.3, -0.25) is 0 Å². The maximum Gasteiger partial charge on any atom is 0.363 e. The molecule has 29 heavy (non-hydrogen) atoms.